The Hall–Kier alpha value is 1.00. The van der Waals surface area contributed by atoms with Gasteiger partial charge in [0.25, 0.3) is 0 Å². The number of hydrogen-bond donors (Lipinski definition) is 0. The maximum atomic E-state index is 1.56. The predicted octanol–water partition coefficient (Wildman–Crippen LogP) is 3.50. The SMILES string of the molecule is C1CCC(C2CCCCC2)CC1.[NaH]. The van der Waals surface area contributed by atoms with Crippen LogP contribution in [0.25, 0.3) is 0 Å². The van der Waals surface area contributed by atoms with Gasteiger partial charge in [0.2, 0.25) is 0 Å². The van der Waals surface area contributed by atoms with E-state index in [-0.39, 0.29) is 29.6 Å². The fourth-order valence-electron chi connectivity index (χ4n) is 3.21. The molecule has 0 spiro atoms. The average Bonchev–Trinajstić information content (AvgIpc) is 2.21. The van der Waals surface area contributed by atoms with Gasteiger partial charge in [0.1, 0.15) is 0 Å². The molecule has 0 bridgehead atoms. The molecule has 0 radical (unpaired) electrons. The van der Waals surface area contributed by atoms with Crippen LogP contribution in [0.4, 0.5) is 0 Å². The van der Waals surface area contributed by atoms with E-state index in [2.05, 4.69) is 0 Å². The first-order chi connectivity index (χ1) is 5.97. The monoisotopic (exact) mass is 190 g/mol. The van der Waals surface area contributed by atoms with Gasteiger partial charge in [-0.25, -0.2) is 0 Å². The van der Waals surface area contributed by atoms with E-state index in [4.69, 9.17) is 0 Å². The van der Waals surface area contributed by atoms with Crippen LogP contribution in [0.1, 0.15) is 64.2 Å². The molecule has 72 valence electrons. The molecule has 0 aromatic heterocycles. The van der Waals surface area contributed by atoms with Crippen LogP contribution in [-0.2, 0) is 0 Å². The molecular weight excluding hydrogens is 167 g/mol. The van der Waals surface area contributed by atoms with E-state index in [1.165, 1.54) is 38.5 Å². The minimum atomic E-state index is 0. The van der Waals surface area contributed by atoms with Gasteiger partial charge in [-0.1, -0.05) is 64.2 Å². The quantitative estimate of drug-likeness (QED) is 0.555. The molecule has 1 heteroatoms. The van der Waals surface area contributed by atoms with E-state index in [1.807, 2.05) is 0 Å². The second-order valence-electron chi connectivity index (χ2n) is 4.80. The minimum absolute atomic E-state index is 0. The van der Waals surface area contributed by atoms with Crippen LogP contribution in [0.2, 0.25) is 0 Å². The molecule has 13 heavy (non-hydrogen) atoms. The molecular formula is C12H23Na. The third-order valence-corrected chi connectivity index (χ3v) is 3.97. The molecule has 0 aromatic carbocycles. The molecule has 0 amide bonds. The zero-order valence-corrected chi connectivity index (χ0v) is 8.23. The van der Waals surface area contributed by atoms with E-state index in [0.29, 0.717) is 0 Å². The molecule has 0 N–H and O–H groups in total. The van der Waals surface area contributed by atoms with Gasteiger partial charge in [-0.05, 0) is 11.8 Å². The summed E-state index contributed by atoms with van der Waals surface area (Å²) >= 11 is 0. The van der Waals surface area contributed by atoms with Crippen molar-refractivity contribution in [3.63, 3.8) is 0 Å². The second kappa shape index (κ2) is 6.48. The van der Waals surface area contributed by atoms with Crippen LogP contribution >= 0.6 is 0 Å². The van der Waals surface area contributed by atoms with Gasteiger partial charge in [0, 0.05) is 0 Å². The summed E-state index contributed by atoms with van der Waals surface area (Å²) in [5.74, 6) is 2.28. The van der Waals surface area contributed by atoms with Crippen molar-refractivity contribution in [3.05, 3.63) is 0 Å². The van der Waals surface area contributed by atoms with Crippen LogP contribution in [0.15, 0.2) is 0 Å². The second-order valence-corrected chi connectivity index (χ2v) is 4.80. The zero-order chi connectivity index (χ0) is 8.23. The standard InChI is InChI=1S/C12H22.Na.H/c1-3-7-11(8-4-1)12-9-5-2-6-10-12;;/h11-12H,1-10H2;;. The molecule has 2 aliphatic rings. The van der Waals surface area contributed by atoms with Gasteiger partial charge < -0.3 is 0 Å². The van der Waals surface area contributed by atoms with Gasteiger partial charge in [-0.3, -0.25) is 0 Å². The van der Waals surface area contributed by atoms with Crippen molar-refractivity contribution in [2.24, 2.45) is 11.8 Å². The Labute approximate surface area is 105 Å². The Balaban J connectivity index is 0.000000845. The summed E-state index contributed by atoms with van der Waals surface area (Å²) in [5.41, 5.74) is 0. The first kappa shape index (κ1) is 12.1. The Morgan fingerprint density at radius 3 is 1.08 bits per heavy atom. The summed E-state index contributed by atoms with van der Waals surface area (Å²) in [7, 11) is 0. The van der Waals surface area contributed by atoms with Crippen molar-refractivity contribution in [1.82, 2.24) is 0 Å². The summed E-state index contributed by atoms with van der Waals surface area (Å²) in [6.45, 7) is 0. The van der Waals surface area contributed by atoms with Gasteiger partial charge in [-0.2, -0.15) is 0 Å². The van der Waals surface area contributed by atoms with Crippen LogP contribution < -0.4 is 0 Å². The average molecular weight is 190 g/mol. The third kappa shape index (κ3) is 3.57. The van der Waals surface area contributed by atoms with Gasteiger partial charge >= 0.3 is 29.6 Å². The van der Waals surface area contributed by atoms with Crippen LogP contribution in [0.3, 0.4) is 0 Å². The summed E-state index contributed by atoms with van der Waals surface area (Å²) in [6.07, 6.45) is 15.4. The fraction of sp³-hybridized carbons (Fsp3) is 1.00. The Morgan fingerprint density at radius 1 is 0.462 bits per heavy atom. The molecule has 2 aliphatic carbocycles. The van der Waals surface area contributed by atoms with E-state index in [1.54, 1.807) is 25.7 Å². The summed E-state index contributed by atoms with van der Waals surface area (Å²) in [6, 6.07) is 0. The van der Waals surface area contributed by atoms with Gasteiger partial charge in [0.15, 0.2) is 0 Å². The Kier molecular flexibility index (Phi) is 6.01. The molecule has 2 rings (SSSR count). The van der Waals surface area contributed by atoms with E-state index in [0.717, 1.165) is 11.8 Å². The maximum absolute atomic E-state index is 1.56. The van der Waals surface area contributed by atoms with E-state index in [9.17, 15) is 0 Å². The van der Waals surface area contributed by atoms with Crippen molar-refractivity contribution in [2.45, 2.75) is 64.2 Å². The van der Waals surface area contributed by atoms with Crippen molar-refractivity contribution in [3.8, 4) is 0 Å². The van der Waals surface area contributed by atoms with Crippen LogP contribution in [0, 0.1) is 11.8 Å². The fourth-order valence-corrected chi connectivity index (χ4v) is 3.21. The van der Waals surface area contributed by atoms with Crippen LogP contribution in [0.5, 0.6) is 0 Å². The topological polar surface area (TPSA) is 0 Å². The van der Waals surface area contributed by atoms with Gasteiger partial charge in [0.05, 0.1) is 0 Å². The zero-order valence-electron chi connectivity index (χ0n) is 8.23. The Bertz CT molecular complexity index is 105. The molecule has 0 aliphatic heterocycles. The van der Waals surface area contributed by atoms with Crippen molar-refractivity contribution in [2.75, 3.05) is 0 Å². The summed E-state index contributed by atoms with van der Waals surface area (Å²) in [5, 5.41) is 0. The van der Waals surface area contributed by atoms with Crippen molar-refractivity contribution < 1.29 is 0 Å². The first-order valence-electron chi connectivity index (χ1n) is 5.97. The molecule has 0 aromatic rings. The molecule has 0 saturated heterocycles. The molecule has 0 atom stereocenters. The van der Waals surface area contributed by atoms with Crippen molar-refractivity contribution in [1.29, 1.82) is 0 Å². The third-order valence-electron chi connectivity index (χ3n) is 3.97. The Morgan fingerprint density at radius 2 is 0.769 bits per heavy atom. The number of rotatable bonds is 1. The molecule has 0 unspecified atom stereocenters. The predicted molar refractivity (Wildman–Crippen MR) is 60.3 cm³/mol. The number of hydrogen-bond acceptors (Lipinski definition) is 0. The van der Waals surface area contributed by atoms with Crippen molar-refractivity contribution >= 4 is 29.6 Å². The molecule has 0 nitrogen and oxygen atoms in total. The normalized spacial score (nSPS) is 26.8. The van der Waals surface area contributed by atoms with E-state index >= 15 is 0 Å². The van der Waals surface area contributed by atoms with Gasteiger partial charge in [-0.15, -0.1) is 0 Å². The molecule has 2 saturated carbocycles. The summed E-state index contributed by atoms with van der Waals surface area (Å²) in [4.78, 5) is 0. The molecule has 0 heterocycles. The summed E-state index contributed by atoms with van der Waals surface area (Å²) < 4.78 is 0. The first-order valence-corrected chi connectivity index (χ1v) is 5.97. The molecule has 2 fully saturated rings. The van der Waals surface area contributed by atoms with Crippen LogP contribution in [-0.4, -0.2) is 29.6 Å². The van der Waals surface area contributed by atoms with E-state index < -0.39 is 0 Å².